The highest BCUT2D eigenvalue weighted by molar-refractivity contribution is 7.89. The van der Waals surface area contributed by atoms with Gasteiger partial charge in [-0.3, -0.25) is 4.79 Å². The standard InChI is InChI=1S/C28H30N2O5S/c1-35-25-9-3-6-22(18-25)28(14-15-28)27(32)29-23-7-2-5-21(17-23)20-10-12-26(13-11-20)36(33,34)30-16-4-8-24(30)19-31/h2-3,5-7,9-13,17-18,24,31H,4,8,14-16,19H2,1H3,(H,29,32)/t24-/m1/s1. The van der Waals surface area contributed by atoms with Crippen LogP contribution in [-0.2, 0) is 20.2 Å². The number of hydrogen-bond acceptors (Lipinski definition) is 5. The van der Waals surface area contributed by atoms with E-state index < -0.39 is 15.4 Å². The number of carbonyl (C=O) groups is 1. The molecule has 1 saturated carbocycles. The summed E-state index contributed by atoms with van der Waals surface area (Å²) in [5.74, 6) is 0.689. The minimum Gasteiger partial charge on any atom is -0.497 e. The van der Waals surface area contributed by atoms with Crippen molar-refractivity contribution in [1.29, 1.82) is 0 Å². The molecule has 1 heterocycles. The molecular formula is C28H30N2O5S. The Morgan fingerprint density at radius 3 is 2.50 bits per heavy atom. The van der Waals surface area contributed by atoms with Crippen molar-refractivity contribution in [3.63, 3.8) is 0 Å². The molecule has 1 aliphatic carbocycles. The van der Waals surface area contributed by atoms with E-state index in [0.717, 1.165) is 41.7 Å². The first-order valence-corrected chi connectivity index (χ1v) is 13.6. The number of sulfonamides is 1. The van der Waals surface area contributed by atoms with Crippen LogP contribution in [0.5, 0.6) is 5.75 Å². The van der Waals surface area contributed by atoms with E-state index in [1.165, 1.54) is 4.31 Å². The number of carbonyl (C=O) groups excluding carboxylic acids is 1. The van der Waals surface area contributed by atoms with E-state index in [9.17, 15) is 18.3 Å². The zero-order valence-corrected chi connectivity index (χ0v) is 21.0. The predicted molar refractivity (Wildman–Crippen MR) is 138 cm³/mol. The van der Waals surface area contributed by atoms with Crippen molar-refractivity contribution < 1.29 is 23.1 Å². The fraction of sp³-hybridized carbons (Fsp3) is 0.321. The SMILES string of the molecule is COc1cccc(C2(C(=O)Nc3cccc(-c4ccc(S(=O)(=O)N5CCC[C@@H]5CO)cc4)c3)CC2)c1. The minimum atomic E-state index is -3.66. The summed E-state index contributed by atoms with van der Waals surface area (Å²) in [7, 11) is -2.04. The van der Waals surface area contributed by atoms with Gasteiger partial charge in [0.2, 0.25) is 15.9 Å². The van der Waals surface area contributed by atoms with E-state index in [1.54, 1.807) is 31.4 Å². The van der Waals surface area contributed by atoms with Gasteiger partial charge in [0.15, 0.2) is 0 Å². The summed E-state index contributed by atoms with van der Waals surface area (Å²) in [5, 5.41) is 12.6. The Morgan fingerprint density at radius 1 is 1.06 bits per heavy atom. The Morgan fingerprint density at radius 2 is 1.81 bits per heavy atom. The third kappa shape index (κ3) is 4.52. The number of hydrogen-bond donors (Lipinski definition) is 2. The highest BCUT2D eigenvalue weighted by atomic mass is 32.2. The van der Waals surface area contributed by atoms with Gasteiger partial charge in [0, 0.05) is 18.3 Å². The lowest BCUT2D eigenvalue weighted by molar-refractivity contribution is -0.118. The number of aliphatic hydroxyl groups is 1. The number of nitrogens with zero attached hydrogens (tertiary/aromatic N) is 1. The summed E-state index contributed by atoms with van der Waals surface area (Å²) in [6, 6.07) is 21.6. The number of benzene rings is 3. The molecule has 7 nitrogen and oxygen atoms in total. The van der Waals surface area contributed by atoms with Gasteiger partial charge >= 0.3 is 0 Å². The van der Waals surface area contributed by atoms with Crippen LogP contribution in [-0.4, -0.2) is 50.0 Å². The molecule has 0 spiro atoms. The normalized spacial score (nSPS) is 19.1. The van der Waals surface area contributed by atoms with Crippen LogP contribution >= 0.6 is 0 Å². The number of rotatable bonds is 8. The first kappa shape index (κ1) is 24.5. The van der Waals surface area contributed by atoms with Gasteiger partial charge in [-0.25, -0.2) is 8.42 Å². The molecule has 36 heavy (non-hydrogen) atoms. The number of anilines is 1. The largest absolute Gasteiger partial charge is 0.497 e. The van der Waals surface area contributed by atoms with Crippen LogP contribution < -0.4 is 10.1 Å². The van der Waals surface area contributed by atoms with E-state index in [2.05, 4.69) is 5.32 Å². The lowest BCUT2D eigenvalue weighted by atomic mass is 9.94. The van der Waals surface area contributed by atoms with Crippen LogP contribution in [0.4, 0.5) is 5.69 Å². The Hall–Kier alpha value is -3.20. The number of amides is 1. The van der Waals surface area contributed by atoms with Crippen LogP contribution in [0.2, 0.25) is 0 Å². The Balaban J connectivity index is 1.33. The second kappa shape index (κ2) is 9.69. The number of aliphatic hydroxyl groups excluding tert-OH is 1. The molecule has 1 atom stereocenters. The molecule has 0 aromatic heterocycles. The fourth-order valence-corrected chi connectivity index (χ4v) is 6.67. The summed E-state index contributed by atoms with van der Waals surface area (Å²) >= 11 is 0. The van der Waals surface area contributed by atoms with Gasteiger partial charge in [0.1, 0.15) is 5.75 Å². The molecule has 1 aliphatic heterocycles. The average Bonchev–Trinajstić information content (AvgIpc) is 3.58. The van der Waals surface area contributed by atoms with Gasteiger partial charge in [-0.05, 0) is 78.8 Å². The Kier molecular flexibility index (Phi) is 6.59. The molecule has 5 rings (SSSR count). The van der Waals surface area contributed by atoms with Crippen LogP contribution in [0.25, 0.3) is 11.1 Å². The van der Waals surface area contributed by atoms with Gasteiger partial charge in [0.05, 0.1) is 24.0 Å². The van der Waals surface area contributed by atoms with Gasteiger partial charge < -0.3 is 15.2 Å². The smallest absolute Gasteiger partial charge is 0.243 e. The summed E-state index contributed by atoms with van der Waals surface area (Å²) in [6.07, 6.45) is 3.00. The molecule has 188 valence electrons. The maximum absolute atomic E-state index is 13.2. The van der Waals surface area contributed by atoms with Crippen LogP contribution in [0, 0.1) is 0 Å². The Bertz CT molecular complexity index is 1370. The van der Waals surface area contributed by atoms with Crippen molar-refractivity contribution in [3.05, 3.63) is 78.4 Å². The molecular weight excluding hydrogens is 476 g/mol. The van der Waals surface area contributed by atoms with Gasteiger partial charge in [-0.15, -0.1) is 0 Å². The molecule has 2 N–H and O–H groups in total. The monoisotopic (exact) mass is 506 g/mol. The lowest BCUT2D eigenvalue weighted by Gasteiger charge is -2.22. The van der Waals surface area contributed by atoms with E-state index in [1.807, 2.05) is 48.5 Å². The zero-order valence-electron chi connectivity index (χ0n) is 20.2. The molecule has 2 fully saturated rings. The average molecular weight is 507 g/mol. The third-order valence-corrected chi connectivity index (χ3v) is 9.22. The van der Waals surface area contributed by atoms with Crippen molar-refractivity contribution in [1.82, 2.24) is 4.31 Å². The second-order valence-corrected chi connectivity index (χ2v) is 11.4. The topological polar surface area (TPSA) is 95.9 Å². The quantitative estimate of drug-likeness (QED) is 0.478. The van der Waals surface area contributed by atoms with Crippen LogP contribution in [0.15, 0.2) is 77.7 Å². The summed E-state index contributed by atoms with van der Waals surface area (Å²) < 4.78 is 32.8. The Labute approximate surface area is 211 Å². The van der Waals surface area contributed by atoms with Crippen LogP contribution in [0.3, 0.4) is 0 Å². The van der Waals surface area contributed by atoms with Crippen molar-refractivity contribution >= 4 is 21.6 Å². The number of ether oxygens (including phenoxy) is 1. The maximum Gasteiger partial charge on any atom is 0.243 e. The van der Waals surface area contributed by atoms with E-state index in [4.69, 9.17) is 4.74 Å². The highest BCUT2D eigenvalue weighted by Gasteiger charge is 2.51. The van der Waals surface area contributed by atoms with E-state index in [0.29, 0.717) is 18.7 Å². The summed E-state index contributed by atoms with van der Waals surface area (Å²) in [5.41, 5.74) is 2.82. The molecule has 2 aliphatic rings. The molecule has 0 unspecified atom stereocenters. The highest BCUT2D eigenvalue weighted by Crippen LogP contribution is 2.49. The van der Waals surface area contributed by atoms with Crippen molar-refractivity contribution in [2.75, 3.05) is 25.6 Å². The molecule has 0 radical (unpaired) electrons. The first-order chi connectivity index (χ1) is 17.4. The zero-order chi connectivity index (χ0) is 25.3. The third-order valence-electron chi connectivity index (χ3n) is 7.26. The molecule has 1 amide bonds. The first-order valence-electron chi connectivity index (χ1n) is 12.2. The molecule has 0 bridgehead atoms. The van der Waals surface area contributed by atoms with E-state index >= 15 is 0 Å². The number of nitrogens with one attached hydrogen (secondary N) is 1. The predicted octanol–water partition coefficient (Wildman–Crippen LogP) is 4.18. The number of methoxy groups -OCH3 is 1. The molecule has 8 heteroatoms. The van der Waals surface area contributed by atoms with Crippen molar-refractivity contribution in [2.45, 2.75) is 42.0 Å². The van der Waals surface area contributed by atoms with Crippen molar-refractivity contribution in [2.24, 2.45) is 0 Å². The van der Waals surface area contributed by atoms with Crippen molar-refractivity contribution in [3.8, 4) is 16.9 Å². The molecule has 3 aromatic rings. The van der Waals surface area contributed by atoms with Gasteiger partial charge in [0.25, 0.3) is 0 Å². The second-order valence-electron chi connectivity index (χ2n) is 9.47. The maximum atomic E-state index is 13.2. The molecule has 3 aromatic carbocycles. The van der Waals surface area contributed by atoms with Crippen LogP contribution in [0.1, 0.15) is 31.2 Å². The lowest BCUT2D eigenvalue weighted by Crippen LogP contribution is -2.37. The van der Waals surface area contributed by atoms with Gasteiger partial charge in [-0.2, -0.15) is 4.31 Å². The summed E-state index contributed by atoms with van der Waals surface area (Å²) in [4.78, 5) is 13.4. The van der Waals surface area contributed by atoms with Gasteiger partial charge in [-0.1, -0.05) is 36.4 Å². The minimum absolute atomic E-state index is 0.0432. The summed E-state index contributed by atoms with van der Waals surface area (Å²) in [6.45, 7) is 0.253. The molecule has 1 saturated heterocycles. The fourth-order valence-electron chi connectivity index (χ4n) is 4.98. The van der Waals surface area contributed by atoms with E-state index in [-0.39, 0.29) is 23.5 Å².